The maximum atomic E-state index is 12.3. The fraction of sp³-hybridized carbons (Fsp3) is 0.533. The second-order valence-electron chi connectivity index (χ2n) is 5.47. The van der Waals surface area contributed by atoms with Gasteiger partial charge in [-0.3, -0.25) is 4.79 Å². The first-order chi connectivity index (χ1) is 9.49. The molecule has 4 nitrogen and oxygen atoms in total. The molecule has 2 rings (SSSR count). The van der Waals surface area contributed by atoms with Gasteiger partial charge < -0.3 is 15.8 Å². The number of carbonyl (C=O) groups excluding carboxylic acids is 1. The summed E-state index contributed by atoms with van der Waals surface area (Å²) in [4.78, 5) is 12.3. The summed E-state index contributed by atoms with van der Waals surface area (Å²) in [5.74, 6) is -0.0644. The average Bonchev–Trinajstić information content (AvgIpc) is 2.42. The highest BCUT2D eigenvalue weighted by atomic mass is 79.9. The minimum atomic E-state index is -0.772. The summed E-state index contributed by atoms with van der Waals surface area (Å²) in [7, 11) is 0. The molecule has 110 valence electrons. The van der Waals surface area contributed by atoms with Gasteiger partial charge in [0.15, 0.2) is 0 Å². The molecule has 1 heterocycles. The number of nitrogens with one attached hydrogen (secondary N) is 1. The van der Waals surface area contributed by atoms with Crippen molar-refractivity contribution in [1.82, 2.24) is 5.32 Å². The minimum absolute atomic E-state index is 0.0620. The lowest BCUT2D eigenvalue weighted by Crippen LogP contribution is -2.58. The number of amides is 1. The van der Waals surface area contributed by atoms with Gasteiger partial charge in [-0.2, -0.15) is 0 Å². The highest BCUT2D eigenvalue weighted by Crippen LogP contribution is 2.18. The van der Waals surface area contributed by atoms with E-state index in [0.29, 0.717) is 26.1 Å². The zero-order valence-corrected chi connectivity index (χ0v) is 13.3. The highest BCUT2D eigenvalue weighted by molar-refractivity contribution is 9.10. The summed E-state index contributed by atoms with van der Waals surface area (Å²) in [5.41, 5.74) is 6.59. The molecule has 1 aliphatic heterocycles. The summed E-state index contributed by atoms with van der Waals surface area (Å²) >= 11 is 3.41. The average molecular weight is 341 g/mol. The van der Waals surface area contributed by atoms with Crippen LogP contribution in [0, 0.1) is 0 Å². The van der Waals surface area contributed by atoms with Crippen LogP contribution in [0.3, 0.4) is 0 Å². The topological polar surface area (TPSA) is 64.4 Å². The van der Waals surface area contributed by atoms with Crippen LogP contribution in [0.15, 0.2) is 28.7 Å². The number of halogens is 1. The SMILES string of the molecule is CC(Cc1ccc(Br)cc1)NC(=O)C1(N)CCOCC1. The normalized spacial score (nSPS) is 19.4. The Balaban J connectivity index is 1.88. The number of nitrogens with two attached hydrogens (primary N) is 1. The van der Waals surface area contributed by atoms with Crippen LogP contribution >= 0.6 is 15.9 Å². The van der Waals surface area contributed by atoms with Gasteiger partial charge in [0, 0.05) is 23.7 Å². The van der Waals surface area contributed by atoms with E-state index < -0.39 is 5.54 Å². The van der Waals surface area contributed by atoms with E-state index in [0.717, 1.165) is 10.9 Å². The fourth-order valence-electron chi connectivity index (χ4n) is 2.36. The molecule has 5 heteroatoms. The van der Waals surface area contributed by atoms with E-state index in [1.54, 1.807) is 0 Å². The molecule has 3 N–H and O–H groups in total. The number of benzene rings is 1. The Morgan fingerprint density at radius 2 is 2.00 bits per heavy atom. The van der Waals surface area contributed by atoms with Crippen LogP contribution in [-0.4, -0.2) is 30.7 Å². The number of hydrogen-bond acceptors (Lipinski definition) is 3. The van der Waals surface area contributed by atoms with Crippen molar-refractivity contribution in [2.24, 2.45) is 5.73 Å². The van der Waals surface area contributed by atoms with E-state index in [1.807, 2.05) is 19.1 Å². The summed E-state index contributed by atoms with van der Waals surface area (Å²) in [6.07, 6.45) is 1.97. The van der Waals surface area contributed by atoms with Gasteiger partial charge in [0.25, 0.3) is 0 Å². The second-order valence-corrected chi connectivity index (χ2v) is 6.39. The molecule has 1 aromatic rings. The van der Waals surface area contributed by atoms with Gasteiger partial charge in [0.2, 0.25) is 5.91 Å². The zero-order valence-electron chi connectivity index (χ0n) is 11.7. The van der Waals surface area contributed by atoms with E-state index in [1.165, 1.54) is 5.56 Å². The standard InChI is InChI=1S/C15H21BrN2O2/c1-11(10-12-2-4-13(16)5-3-12)18-14(19)15(17)6-8-20-9-7-15/h2-5,11H,6-10,17H2,1H3,(H,18,19). The van der Waals surface area contributed by atoms with Crippen LogP contribution in [0.25, 0.3) is 0 Å². The Labute approximate surface area is 128 Å². The summed E-state index contributed by atoms with van der Waals surface area (Å²) in [6, 6.07) is 8.19. The van der Waals surface area contributed by atoms with Crippen molar-refractivity contribution < 1.29 is 9.53 Å². The van der Waals surface area contributed by atoms with Gasteiger partial charge in [-0.15, -0.1) is 0 Å². The van der Waals surface area contributed by atoms with Crippen molar-refractivity contribution in [3.63, 3.8) is 0 Å². The van der Waals surface area contributed by atoms with E-state index in [9.17, 15) is 4.79 Å². The molecule has 0 saturated carbocycles. The molecule has 0 bridgehead atoms. The van der Waals surface area contributed by atoms with E-state index in [4.69, 9.17) is 10.5 Å². The van der Waals surface area contributed by atoms with Gasteiger partial charge in [-0.25, -0.2) is 0 Å². The predicted molar refractivity (Wildman–Crippen MR) is 82.4 cm³/mol. The number of carbonyl (C=O) groups is 1. The Hall–Kier alpha value is -0.910. The molecule has 1 saturated heterocycles. The molecule has 0 spiro atoms. The Morgan fingerprint density at radius 3 is 2.60 bits per heavy atom. The Morgan fingerprint density at radius 1 is 1.40 bits per heavy atom. The third kappa shape index (κ3) is 4.04. The molecule has 1 aliphatic rings. The lowest BCUT2D eigenvalue weighted by molar-refractivity contribution is -0.130. The van der Waals surface area contributed by atoms with Crippen LogP contribution in [-0.2, 0) is 16.0 Å². The zero-order chi connectivity index (χ0) is 14.6. The first kappa shape index (κ1) is 15.5. The van der Waals surface area contributed by atoms with Crippen LogP contribution in [0.5, 0.6) is 0 Å². The van der Waals surface area contributed by atoms with Crippen LogP contribution in [0.2, 0.25) is 0 Å². The van der Waals surface area contributed by atoms with Crippen molar-refractivity contribution in [3.05, 3.63) is 34.3 Å². The van der Waals surface area contributed by atoms with Crippen LogP contribution in [0.1, 0.15) is 25.3 Å². The predicted octanol–water partition coefficient (Wildman–Crippen LogP) is 2.00. The number of ether oxygens (including phenoxy) is 1. The highest BCUT2D eigenvalue weighted by Gasteiger charge is 2.36. The smallest absolute Gasteiger partial charge is 0.240 e. The second kappa shape index (κ2) is 6.70. The monoisotopic (exact) mass is 340 g/mol. The van der Waals surface area contributed by atoms with Gasteiger partial charge in [-0.05, 0) is 43.9 Å². The molecule has 1 unspecified atom stereocenters. The first-order valence-corrected chi connectivity index (χ1v) is 7.71. The number of hydrogen-bond donors (Lipinski definition) is 2. The molecule has 1 atom stereocenters. The van der Waals surface area contributed by atoms with E-state index >= 15 is 0 Å². The van der Waals surface area contributed by atoms with Crippen molar-refractivity contribution in [2.45, 2.75) is 37.8 Å². The molecule has 0 radical (unpaired) electrons. The van der Waals surface area contributed by atoms with Crippen LogP contribution < -0.4 is 11.1 Å². The largest absolute Gasteiger partial charge is 0.381 e. The summed E-state index contributed by atoms with van der Waals surface area (Å²) < 4.78 is 6.32. The molecule has 0 aliphatic carbocycles. The lowest BCUT2D eigenvalue weighted by atomic mass is 9.90. The van der Waals surface area contributed by atoms with Crippen molar-refractivity contribution in [3.8, 4) is 0 Å². The van der Waals surface area contributed by atoms with Gasteiger partial charge in [0.05, 0.1) is 5.54 Å². The minimum Gasteiger partial charge on any atom is -0.381 e. The third-order valence-corrected chi connectivity index (χ3v) is 4.20. The molecule has 0 aromatic heterocycles. The van der Waals surface area contributed by atoms with E-state index in [-0.39, 0.29) is 11.9 Å². The first-order valence-electron chi connectivity index (χ1n) is 6.92. The number of rotatable bonds is 4. The maximum absolute atomic E-state index is 12.3. The molecule has 20 heavy (non-hydrogen) atoms. The Bertz CT molecular complexity index is 455. The lowest BCUT2D eigenvalue weighted by Gasteiger charge is -2.33. The molecule has 1 aromatic carbocycles. The van der Waals surface area contributed by atoms with Gasteiger partial charge >= 0.3 is 0 Å². The summed E-state index contributed by atoms with van der Waals surface area (Å²) in [5, 5.41) is 3.02. The van der Waals surface area contributed by atoms with Gasteiger partial charge in [0.1, 0.15) is 0 Å². The molecule has 1 amide bonds. The fourth-order valence-corrected chi connectivity index (χ4v) is 2.62. The van der Waals surface area contributed by atoms with Crippen LogP contribution in [0.4, 0.5) is 0 Å². The molecular weight excluding hydrogens is 320 g/mol. The maximum Gasteiger partial charge on any atom is 0.240 e. The quantitative estimate of drug-likeness (QED) is 0.881. The Kier molecular flexibility index (Phi) is 5.18. The van der Waals surface area contributed by atoms with Crippen molar-refractivity contribution in [1.29, 1.82) is 0 Å². The van der Waals surface area contributed by atoms with Crippen molar-refractivity contribution in [2.75, 3.05) is 13.2 Å². The van der Waals surface area contributed by atoms with Gasteiger partial charge in [-0.1, -0.05) is 28.1 Å². The third-order valence-electron chi connectivity index (χ3n) is 3.67. The molecule has 1 fully saturated rings. The van der Waals surface area contributed by atoms with E-state index in [2.05, 4.69) is 33.4 Å². The van der Waals surface area contributed by atoms with Crippen molar-refractivity contribution >= 4 is 21.8 Å². The molecular formula is C15H21BrN2O2. The summed E-state index contributed by atoms with van der Waals surface area (Å²) in [6.45, 7) is 3.12.